The molecule has 0 saturated heterocycles. The number of halogens is 1. The van der Waals surface area contributed by atoms with Gasteiger partial charge in [0.1, 0.15) is 11.4 Å². The standard InChI is InChI=1S/C15H15BrN2O2/c1-20-14-7-4-10(16)9-12(14)17-15(19)13-3-2-8-18(13)11-5-6-11/h2-4,7-9,11H,5-6H2,1H3,(H,17,19). The minimum atomic E-state index is -0.113. The fourth-order valence-electron chi connectivity index (χ4n) is 2.22. The van der Waals surface area contributed by atoms with Gasteiger partial charge in [0.2, 0.25) is 0 Å². The second-order valence-electron chi connectivity index (χ2n) is 4.83. The number of hydrogen-bond acceptors (Lipinski definition) is 2. The Morgan fingerprint density at radius 1 is 1.40 bits per heavy atom. The van der Waals surface area contributed by atoms with Crippen molar-refractivity contribution in [2.24, 2.45) is 0 Å². The molecule has 2 aromatic rings. The summed E-state index contributed by atoms with van der Waals surface area (Å²) >= 11 is 3.40. The van der Waals surface area contributed by atoms with Crippen molar-refractivity contribution in [2.45, 2.75) is 18.9 Å². The van der Waals surface area contributed by atoms with Crippen LogP contribution in [0.4, 0.5) is 5.69 Å². The Hall–Kier alpha value is -1.75. The molecule has 5 heteroatoms. The molecule has 1 aromatic carbocycles. The molecular formula is C15H15BrN2O2. The van der Waals surface area contributed by atoms with Gasteiger partial charge < -0.3 is 14.6 Å². The van der Waals surface area contributed by atoms with Gasteiger partial charge in [-0.2, -0.15) is 0 Å². The number of methoxy groups -OCH3 is 1. The van der Waals surface area contributed by atoms with Crippen molar-refractivity contribution < 1.29 is 9.53 Å². The zero-order chi connectivity index (χ0) is 14.1. The van der Waals surface area contributed by atoms with E-state index in [0.29, 0.717) is 23.2 Å². The summed E-state index contributed by atoms with van der Waals surface area (Å²) in [7, 11) is 1.59. The van der Waals surface area contributed by atoms with Crippen molar-refractivity contribution in [2.75, 3.05) is 12.4 Å². The summed E-state index contributed by atoms with van der Waals surface area (Å²) in [6.45, 7) is 0. The number of benzene rings is 1. The molecule has 1 saturated carbocycles. The first kappa shape index (κ1) is 13.2. The van der Waals surface area contributed by atoms with Crippen LogP contribution in [0.15, 0.2) is 41.0 Å². The Balaban J connectivity index is 1.85. The van der Waals surface area contributed by atoms with Crippen LogP contribution in [0.3, 0.4) is 0 Å². The van der Waals surface area contributed by atoms with Crippen LogP contribution >= 0.6 is 15.9 Å². The van der Waals surface area contributed by atoms with Gasteiger partial charge in [-0.25, -0.2) is 0 Å². The van der Waals surface area contributed by atoms with Gasteiger partial charge in [-0.05, 0) is 43.2 Å². The van der Waals surface area contributed by atoms with Crippen LogP contribution in [0.5, 0.6) is 5.75 Å². The van der Waals surface area contributed by atoms with Crippen LogP contribution in [-0.2, 0) is 0 Å². The van der Waals surface area contributed by atoms with Gasteiger partial charge in [0.05, 0.1) is 12.8 Å². The van der Waals surface area contributed by atoms with Crippen LogP contribution in [-0.4, -0.2) is 17.6 Å². The maximum atomic E-state index is 12.4. The lowest BCUT2D eigenvalue weighted by atomic mass is 10.2. The monoisotopic (exact) mass is 334 g/mol. The number of carbonyl (C=O) groups is 1. The molecule has 104 valence electrons. The van der Waals surface area contributed by atoms with Crippen molar-refractivity contribution in [1.29, 1.82) is 0 Å². The van der Waals surface area contributed by atoms with Gasteiger partial charge in [0.15, 0.2) is 0 Å². The van der Waals surface area contributed by atoms with E-state index in [-0.39, 0.29) is 5.91 Å². The van der Waals surface area contributed by atoms with E-state index in [2.05, 4.69) is 21.2 Å². The minimum Gasteiger partial charge on any atom is -0.495 e. The van der Waals surface area contributed by atoms with Crippen molar-refractivity contribution in [3.8, 4) is 5.75 Å². The Bertz CT molecular complexity index is 647. The highest BCUT2D eigenvalue weighted by Crippen LogP contribution is 2.36. The average molecular weight is 335 g/mol. The predicted octanol–water partition coefficient (Wildman–Crippen LogP) is 3.85. The van der Waals surface area contributed by atoms with Crippen molar-refractivity contribution in [1.82, 2.24) is 4.57 Å². The van der Waals surface area contributed by atoms with Gasteiger partial charge in [-0.1, -0.05) is 15.9 Å². The summed E-state index contributed by atoms with van der Waals surface area (Å²) in [5.41, 5.74) is 1.35. The van der Waals surface area contributed by atoms with E-state index < -0.39 is 0 Å². The lowest BCUT2D eigenvalue weighted by Crippen LogP contribution is -2.16. The van der Waals surface area contributed by atoms with Crippen LogP contribution in [0, 0.1) is 0 Å². The molecule has 0 radical (unpaired) electrons. The quantitative estimate of drug-likeness (QED) is 0.922. The third-order valence-electron chi connectivity index (χ3n) is 3.36. The van der Waals surface area contributed by atoms with E-state index in [0.717, 1.165) is 17.3 Å². The Morgan fingerprint density at radius 2 is 2.20 bits per heavy atom. The molecule has 1 N–H and O–H groups in total. The third-order valence-corrected chi connectivity index (χ3v) is 3.85. The molecule has 0 bridgehead atoms. The molecule has 4 nitrogen and oxygen atoms in total. The van der Waals surface area contributed by atoms with Crippen molar-refractivity contribution in [3.63, 3.8) is 0 Å². The van der Waals surface area contributed by atoms with Crippen molar-refractivity contribution >= 4 is 27.5 Å². The van der Waals surface area contributed by atoms with Gasteiger partial charge in [0.25, 0.3) is 5.91 Å². The van der Waals surface area contributed by atoms with Gasteiger partial charge >= 0.3 is 0 Å². The van der Waals surface area contributed by atoms with Gasteiger partial charge in [0, 0.05) is 16.7 Å². The molecule has 0 spiro atoms. The summed E-state index contributed by atoms with van der Waals surface area (Å²) in [6.07, 6.45) is 4.26. The zero-order valence-corrected chi connectivity index (χ0v) is 12.7. The first-order valence-electron chi connectivity index (χ1n) is 6.51. The molecule has 1 fully saturated rings. The van der Waals surface area contributed by atoms with Crippen LogP contribution in [0.1, 0.15) is 29.4 Å². The number of anilines is 1. The zero-order valence-electron chi connectivity index (χ0n) is 11.1. The van der Waals surface area contributed by atoms with E-state index in [9.17, 15) is 4.79 Å². The first-order valence-corrected chi connectivity index (χ1v) is 7.30. The Labute approximate surface area is 125 Å². The fraction of sp³-hybridized carbons (Fsp3) is 0.267. The minimum absolute atomic E-state index is 0.113. The SMILES string of the molecule is COc1ccc(Br)cc1NC(=O)c1cccn1C1CC1. The molecule has 0 unspecified atom stereocenters. The highest BCUT2D eigenvalue weighted by molar-refractivity contribution is 9.10. The number of nitrogens with zero attached hydrogens (tertiary/aromatic N) is 1. The molecule has 1 aromatic heterocycles. The fourth-order valence-corrected chi connectivity index (χ4v) is 2.58. The highest BCUT2D eigenvalue weighted by Gasteiger charge is 2.26. The lowest BCUT2D eigenvalue weighted by Gasteiger charge is -2.12. The molecule has 1 aliphatic rings. The molecule has 1 amide bonds. The number of carbonyl (C=O) groups excluding carboxylic acids is 1. The molecule has 1 heterocycles. The maximum absolute atomic E-state index is 12.4. The van der Waals surface area contributed by atoms with Crippen LogP contribution in [0.2, 0.25) is 0 Å². The molecule has 0 aliphatic heterocycles. The summed E-state index contributed by atoms with van der Waals surface area (Å²) < 4.78 is 8.20. The van der Waals surface area contributed by atoms with Crippen LogP contribution in [0.25, 0.3) is 0 Å². The molecule has 0 atom stereocenters. The smallest absolute Gasteiger partial charge is 0.272 e. The summed E-state index contributed by atoms with van der Waals surface area (Å²) in [5, 5.41) is 2.91. The lowest BCUT2D eigenvalue weighted by molar-refractivity contribution is 0.101. The number of rotatable bonds is 4. The van der Waals surface area contributed by atoms with E-state index in [1.54, 1.807) is 7.11 Å². The molecule has 20 heavy (non-hydrogen) atoms. The second-order valence-corrected chi connectivity index (χ2v) is 5.75. The van der Waals surface area contributed by atoms with E-state index in [4.69, 9.17) is 4.74 Å². The first-order chi connectivity index (χ1) is 9.69. The Kier molecular flexibility index (Phi) is 3.53. The van der Waals surface area contributed by atoms with E-state index >= 15 is 0 Å². The number of aromatic nitrogens is 1. The number of hydrogen-bond donors (Lipinski definition) is 1. The highest BCUT2D eigenvalue weighted by atomic mass is 79.9. The van der Waals surface area contributed by atoms with Crippen LogP contribution < -0.4 is 10.1 Å². The number of amides is 1. The topological polar surface area (TPSA) is 43.3 Å². The molecule has 3 rings (SSSR count). The van der Waals surface area contributed by atoms with Crippen molar-refractivity contribution in [3.05, 3.63) is 46.7 Å². The summed E-state index contributed by atoms with van der Waals surface area (Å²) in [4.78, 5) is 12.4. The maximum Gasteiger partial charge on any atom is 0.272 e. The third kappa shape index (κ3) is 2.58. The normalized spacial score (nSPS) is 14.1. The number of nitrogens with one attached hydrogen (secondary N) is 1. The van der Waals surface area contributed by atoms with Gasteiger partial charge in [-0.15, -0.1) is 0 Å². The second kappa shape index (κ2) is 5.32. The molecular weight excluding hydrogens is 320 g/mol. The van der Waals surface area contributed by atoms with Gasteiger partial charge in [-0.3, -0.25) is 4.79 Å². The summed E-state index contributed by atoms with van der Waals surface area (Å²) in [5.74, 6) is 0.532. The Morgan fingerprint density at radius 3 is 2.90 bits per heavy atom. The average Bonchev–Trinajstić information content (AvgIpc) is 3.16. The molecule has 1 aliphatic carbocycles. The summed E-state index contributed by atoms with van der Waals surface area (Å²) in [6, 6.07) is 9.77. The van der Waals surface area contributed by atoms with E-state index in [1.807, 2.05) is 41.1 Å². The van der Waals surface area contributed by atoms with E-state index in [1.165, 1.54) is 0 Å². The predicted molar refractivity (Wildman–Crippen MR) is 81.4 cm³/mol. The number of ether oxygens (including phenoxy) is 1. The largest absolute Gasteiger partial charge is 0.495 e.